The van der Waals surface area contributed by atoms with Gasteiger partial charge in [-0.3, -0.25) is 9.59 Å². The van der Waals surface area contributed by atoms with Gasteiger partial charge in [-0.1, -0.05) is 49.2 Å². The highest BCUT2D eigenvalue weighted by Gasteiger charge is 2.50. The van der Waals surface area contributed by atoms with Crippen LogP contribution in [0, 0.1) is 0 Å². The number of hydrogen-bond acceptors (Lipinski definition) is 3. The molecule has 0 saturated heterocycles. The van der Waals surface area contributed by atoms with Gasteiger partial charge in [-0.25, -0.2) is 0 Å². The normalized spacial score (nSPS) is 17.7. The SMILES string of the molecule is CC(C)c1[nH]cc(C(=O)Nc2cccc(Cl)c2)c1C1(O)C(=O)Nc2cc(Cl)ccc21. The number of nitrogens with one attached hydrogen (secondary N) is 3. The average molecular weight is 444 g/mol. The number of halogens is 2. The van der Waals surface area contributed by atoms with E-state index in [1.54, 1.807) is 42.5 Å². The summed E-state index contributed by atoms with van der Waals surface area (Å²) in [6.07, 6.45) is 1.50. The average Bonchev–Trinajstić information content (AvgIpc) is 3.22. The van der Waals surface area contributed by atoms with Crippen LogP contribution in [-0.4, -0.2) is 21.9 Å². The molecule has 2 amide bonds. The Bertz CT molecular complexity index is 1170. The van der Waals surface area contributed by atoms with E-state index in [9.17, 15) is 14.7 Å². The molecule has 2 aromatic carbocycles. The van der Waals surface area contributed by atoms with Crippen LogP contribution in [0.5, 0.6) is 0 Å². The van der Waals surface area contributed by atoms with Crippen LogP contribution >= 0.6 is 23.2 Å². The highest BCUT2D eigenvalue weighted by atomic mass is 35.5. The Morgan fingerprint density at radius 2 is 1.87 bits per heavy atom. The predicted octanol–water partition coefficient (Wildman–Crippen LogP) is 4.89. The van der Waals surface area contributed by atoms with Gasteiger partial charge in [-0.2, -0.15) is 0 Å². The number of benzene rings is 2. The minimum absolute atomic E-state index is 0.0825. The molecule has 4 N–H and O–H groups in total. The summed E-state index contributed by atoms with van der Waals surface area (Å²) in [6, 6.07) is 11.5. The Morgan fingerprint density at radius 1 is 1.13 bits per heavy atom. The number of carbonyl (C=O) groups excluding carboxylic acids is 2. The van der Waals surface area contributed by atoms with E-state index in [1.165, 1.54) is 6.20 Å². The van der Waals surface area contributed by atoms with Crippen molar-refractivity contribution in [2.45, 2.75) is 25.4 Å². The van der Waals surface area contributed by atoms with E-state index in [0.717, 1.165) is 0 Å². The largest absolute Gasteiger partial charge is 0.372 e. The van der Waals surface area contributed by atoms with Crippen LogP contribution in [0.2, 0.25) is 10.0 Å². The summed E-state index contributed by atoms with van der Waals surface area (Å²) in [6.45, 7) is 3.82. The minimum Gasteiger partial charge on any atom is -0.372 e. The predicted molar refractivity (Wildman–Crippen MR) is 117 cm³/mol. The third kappa shape index (κ3) is 3.27. The number of aromatic amines is 1. The van der Waals surface area contributed by atoms with Gasteiger partial charge in [0.05, 0.1) is 5.56 Å². The van der Waals surface area contributed by atoms with Crippen LogP contribution < -0.4 is 10.6 Å². The lowest BCUT2D eigenvalue weighted by Crippen LogP contribution is -2.38. The number of hydrogen-bond donors (Lipinski definition) is 4. The number of anilines is 2. The molecule has 1 atom stereocenters. The molecule has 30 heavy (non-hydrogen) atoms. The second-order valence-corrected chi connectivity index (χ2v) is 8.34. The number of aromatic nitrogens is 1. The van der Waals surface area contributed by atoms with Crippen molar-refractivity contribution >= 4 is 46.4 Å². The summed E-state index contributed by atoms with van der Waals surface area (Å²) in [5.41, 5.74) is 0.185. The van der Waals surface area contributed by atoms with Crippen molar-refractivity contribution in [2.24, 2.45) is 0 Å². The second-order valence-electron chi connectivity index (χ2n) is 7.46. The van der Waals surface area contributed by atoms with Crippen molar-refractivity contribution in [3.05, 3.63) is 81.1 Å². The van der Waals surface area contributed by atoms with E-state index in [0.29, 0.717) is 32.7 Å². The van der Waals surface area contributed by atoms with Crippen molar-refractivity contribution in [1.82, 2.24) is 4.98 Å². The van der Waals surface area contributed by atoms with Crippen molar-refractivity contribution in [1.29, 1.82) is 0 Å². The molecule has 8 heteroatoms. The number of H-pyrrole nitrogens is 1. The maximum Gasteiger partial charge on any atom is 0.265 e. The number of carbonyl (C=O) groups is 2. The van der Waals surface area contributed by atoms with E-state index in [2.05, 4.69) is 15.6 Å². The first-order valence-electron chi connectivity index (χ1n) is 9.34. The fourth-order valence-electron chi connectivity index (χ4n) is 3.75. The summed E-state index contributed by atoms with van der Waals surface area (Å²) in [5, 5.41) is 18.0. The lowest BCUT2D eigenvalue weighted by Gasteiger charge is -2.24. The lowest BCUT2D eigenvalue weighted by atomic mass is 9.83. The monoisotopic (exact) mass is 443 g/mol. The van der Waals surface area contributed by atoms with Crippen LogP contribution in [-0.2, 0) is 10.4 Å². The highest BCUT2D eigenvalue weighted by molar-refractivity contribution is 6.31. The Hall–Kier alpha value is -2.80. The standard InChI is InChI=1S/C22H19Cl2N3O3/c1-11(2)19-18(22(30)16-7-6-13(24)9-17(16)27-21(22)29)15(10-25-19)20(28)26-14-5-3-4-12(23)8-14/h3-11,25,30H,1-2H3,(H,26,28)(H,27,29). The summed E-state index contributed by atoms with van der Waals surface area (Å²) in [5.74, 6) is -1.20. The maximum atomic E-state index is 13.1. The minimum atomic E-state index is -2.04. The van der Waals surface area contributed by atoms with E-state index in [-0.39, 0.29) is 17.0 Å². The first kappa shape index (κ1) is 20.5. The maximum absolute atomic E-state index is 13.1. The van der Waals surface area contributed by atoms with Gasteiger partial charge in [0, 0.05) is 44.4 Å². The molecule has 0 bridgehead atoms. The van der Waals surface area contributed by atoms with Gasteiger partial charge in [0.15, 0.2) is 5.60 Å². The molecule has 0 saturated carbocycles. The van der Waals surface area contributed by atoms with Crippen molar-refractivity contribution < 1.29 is 14.7 Å². The third-order valence-electron chi connectivity index (χ3n) is 5.13. The van der Waals surface area contributed by atoms with Crippen LogP contribution in [0.3, 0.4) is 0 Å². The van der Waals surface area contributed by atoms with Gasteiger partial charge >= 0.3 is 0 Å². The zero-order valence-electron chi connectivity index (χ0n) is 16.2. The molecule has 3 aromatic rings. The summed E-state index contributed by atoms with van der Waals surface area (Å²) >= 11 is 12.0. The molecule has 1 aliphatic rings. The summed E-state index contributed by atoms with van der Waals surface area (Å²) < 4.78 is 0. The molecule has 6 nitrogen and oxygen atoms in total. The van der Waals surface area contributed by atoms with Gasteiger partial charge in [-0.15, -0.1) is 0 Å². The topological polar surface area (TPSA) is 94.2 Å². The molecular formula is C22H19Cl2N3O3. The molecule has 154 valence electrons. The van der Waals surface area contributed by atoms with Gasteiger partial charge in [0.1, 0.15) is 0 Å². The zero-order valence-corrected chi connectivity index (χ0v) is 17.7. The van der Waals surface area contributed by atoms with Crippen molar-refractivity contribution in [3.8, 4) is 0 Å². The molecule has 2 heterocycles. The molecular weight excluding hydrogens is 425 g/mol. The molecule has 1 aromatic heterocycles. The van der Waals surface area contributed by atoms with Crippen LogP contribution in [0.25, 0.3) is 0 Å². The Kier molecular flexibility index (Phi) is 5.10. The van der Waals surface area contributed by atoms with Gasteiger partial charge < -0.3 is 20.7 Å². The second kappa shape index (κ2) is 7.47. The lowest BCUT2D eigenvalue weighted by molar-refractivity contribution is -0.129. The molecule has 0 spiro atoms. The fraction of sp³-hybridized carbons (Fsp3) is 0.182. The van der Waals surface area contributed by atoms with E-state index in [4.69, 9.17) is 23.2 Å². The quantitative estimate of drug-likeness (QED) is 0.462. The number of aliphatic hydroxyl groups is 1. The molecule has 0 fully saturated rings. The summed E-state index contributed by atoms with van der Waals surface area (Å²) in [7, 11) is 0. The smallest absolute Gasteiger partial charge is 0.265 e. The third-order valence-corrected chi connectivity index (χ3v) is 5.60. The molecule has 1 aliphatic heterocycles. The van der Waals surface area contributed by atoms with Crippen LogP contribution in [0.15, 0.2) is 48.7 Å². The van der Waals surface area contributed by atoms with Gasteiger partial charge in [-0.05, 0) is 36.2 Å². The van der Waals surface area contributed by atoms with Crippen LogP contribution in [0.4, 0.5) is 11.4 Å². The number of amides is 2. The zero-order chi connectivity index (χ0) is 21.6. The molecule has 4 rings (SSSR count). The number of fused-ring (bicyclic) bond motifs is 1. The van der Waals surface area contributed by atoms with E-state index >= 15 is 0 Å². The van der Waals surface area contributed by atoms with E-state index in [1.807, 2.05) is 13.8 Å². The first-order chi connectivity index (χ1) is 14.2. The van der Waals surface area contributed by atoms with Crippen LogP contribution in [0.1, 0.15) is 46.9 Å². The Labute approximate surface area is 183 Å². The molecule has 1 unspecified atom stereocenters. The van der Waals surface area contributed by atoms with Crippen molar-refractivity contribution in [2.75, 3.05) is 10.6 Å². The summed E-state index contributed by atoms with van der Waals surface area (Å²) in [4.78, 5) is 29.1. The number of rotatable bonds is 4. The Balaban J connectivity index is 1.85. The first-order valence-corrected chi connectivity index (χ1v) is 10.1. The van der Waals surface area contributed by atoms with Gasteiger partial charge in [0.25, 0.3) is 11.8 Å². The Morgan fingerprint density at radius 3 is 2.57 bits per heavy atom. The van der Waals surface area contributed by atoms with Crippen molar-refractivity contribution in [3.63, 3.8) is 0 Å². The van der Waals surface area contributed by atoms with E-state index < -0.39 is 17.4 Å². The molecule has 0 aliphatic carbocycles. The van der Waals surface area contributed by atoms with Gasteiger partial charge in [0.2, 0.25) is 0 Å². The highest BCUT2D eigenvalue weighted by Crippen LogP contribution is 2.45. The fourth-order valence-corrected chi connectivity index (χ4v) is 4.11. The molecule has 0 radical (unpaired) electrons.